The summed E-state index contributed by atoms with van der Waals surface area (Å²) in [4.78, 5) is 2.09. The second-order valence-electron chi connectivity index (χ2n) is 15.8. The molecule has 0 aromatic heterocycles. The summed E-state index contributed by atoms with van der Waals surface area (Å²) in [6.07, 6.45) is 3.42. The van der Waals surface area contributed by atoms with E-state index in [4.69, 9.17) is 0 Å². The summed E-state index contributed by atoms with van der Waals surface area (Å²) in [7, 11) is 0. The molecule has 268 valence electrons. The van der Waals surface area contributed by atoms with E-state index in [0.717, 1.165) is 63.2 Å². The molecule has 0 bridgehead atoms. The van der Waals surface area contributed by atoms with Gasteiger partial charge in [0, 0.05) is 22.4 Å². The summed E-state index contributed by atoms with van der Waals surface area (Å²) in [5.41, 5.74) is 15.1. The third kappa shape index (κ3) is 5.56. The molecule has 0 saturated heterocycles. The molecule has 0 spiro atoms. The van der Waals surface area contributed by atoms with Gasteiger partial charge in [0.2, 0.25) is 0 Å². The summed E-state index contributed by atoms with van der Waals surface area (Å²) in [6, 6.07) is 54.2. The van der Waals surface area contributed by atoms with Gasteiger partial charge < -0.3 is 4.90 Å². The van der Waals surface area contributed by atoms with Crippen molar-refractivity contribution in [3.8, 4) is 44.5 Å². The molecule has 0 saturated carbocycles. The molecule has 3 heteroatoms. The molecule has 7 aromatic carbocycles. The fourth-order valence-electron chi connectivity index (χ4n) is 9.85. The van der Waals surface area contributed by atoms with E-state index < -0.39 is 0 Å². The predicted molar refractivity (Wildman–Crippen MR) is 223 cm³/mol. The molecular formula is C52H41F2N. The van der Waals surface area contributed by atoms with Crippen molar-refractivity contribution in [1.82, 2.24) is 0 Å². The van der Waals surface area contributed by atoms with Crippen molar-refractivity contribution in [3.05, 3.63) is 198 Å². The Balaban J connectivity index is 1.29. The van der Waals surface area contributed by atoms with Crippen molar-refractivity contribution in [2.75, 3.05) is 4.90 Å². The zero-order valence-corrected chi connectivity index (χ0v) is 31.1. The number of benzene rings is 7. The van der Waals surface area contributed by atoms with Crippen LogP contribution in [0.25, 0.3) is 44.5 Å². The number of para-hydroxylation sites is 1. The molecule has 3 atom stereocenters. The summed E-state index contributed by atoms with van der Waals surface area (Å²) < 4.78 is 32.8. The van der Waals surface area contributed by atoms with E-state index in [-0.39, 0.29) is 17.0 Å². The van der Waals surface area contributed by atoms with E-state index in [1.54, 1.807) is 29.3 Å². The number of halogens is 2. The van der Waals surface area contributed by atoms with E-state index >= 15 is 8.78 Å². The Morgan fingerprint density at radius 2 is 1.24 bits per heavy atom. The molecule has 1 nitrogen and oxygen atoms in total. The first-order chi connectivity index (χ1) is 26.9. The topological polar surface area (TPSA) is 3.24 Å². The Bertz CT molecular complexity index is 2630. The average Bonchev–Trinajstić information content (AvgIpc) is 3.96. The second-order valence-corrected chi connectivity index (χ2v) is 15.8. The molecule has 7 aromatic rings. The van der Waals surface area contributed by atoms with Gasteiger partial charge in [0.25, 0.3) is 0 Å². The maximum atomic E-state index is 17.5. The molecule has 0 fully saturated rings. The SMILES string of the molecule is CC1CC2=C(C2)C(C2(C)c3ccccc3-c3c(-c4cccc(F)c4)cc(N(c4ccccc4)c4c(F)cc(-c5ccccc5)cc4-c4ccccc4)cc32)C1. The summed E-state index contributed by atoms with van der Waals surface area (Å²) in [5.74, 6) is 0.332. The smallest absolute Gasteiger partial charge is 0.148 e. The zero-order chi connectivity index (χ0) is 37.3. The number of nitrogens with zero attached hydrogens (tertiary/aromatic N) is 1. The van der Waals surface area contributed by atoms with Gasteiger partial charge in [-0.25, -0.2) is 8.78 Å². The van der Waals surface area contributed by atoms with E-state index in [1.807, 2.05) is 84.9 Å². The van der Waals surface area contributed by atoms with Gasteiger partial charge in [-0.3, -0.25) is 0 Å². The lowest BCUT2D eigenvalue weighted by molar-refractivity contribution is 0.324. The molecule has 0 aliphatic heterocycles. The Morgan fingerprint density at radius 1 is 0.564 bits per heavy atom. The van der Waals surface area contributed by atoms with Gasteiger partial charge in [-0.1, -0.05) is 140 Å². The maximum absolute atomic E-state index is 17.5. The Kier molecular flexibility index (Phi) is 7.95. The van der Waals surface area contributed by atoms with Crippen LogP contribution in [0, 0.1) is 23.5 Å². The average molecular weight is 718 g/mol. The first kappa shape index (κ1) is 33.5. The molecule has 10 rings (SSSR count). The maximum Gasteiger partial charge on any atom is 0.148 e. The van der Waals surface area contributed by atoms with Gasteiger partial charge in [0.1, 0.15) is 11.6 Å². The first-order valence-electron chi connectivity index (χ1n) is 19.4. The number of hydrogen-bond acceptors (Lipinski definition) is 1. The lowest BCUT2D eigenvalue weighted by atomic mass is 9.64. The minimum Gasteiger partial charge on any atom is -0.307 e. The highest BCUT2D eigenvalue weighted by Gasteiger charge is 2.52. The third-order valence-electron chi connectivity index (χ3n) is 12.4. The van der Waals surface area contributed by atoms with Crippen molar-refractivity contribution in [3.63, 3.8) is 0 Å². The van der Waals surface area contributed by atoms with Crippen LogP contribution in [0.2, 0.25) is 0 Å². The van der Waals surface area contributed by atoms with Crippen LogP contribution in [0.3, 0.4) is 0 Å². The lowest BCUT2D eigenvalue weighted by Gasteiger charge is -2.39. The highest BCUT2D eigenvalue weighted by molar-refractivity contribution is 5.98. The molecule has 0 amide bonds. The highest BCUT2D eigenvalue weighted by Crippen LogP contribution is 2.64. The first-order valence-corrected chi connectivity index (χ1v) is 19.4. The van der Waals surface area contributed by atoms with Crippen LogP contribution in [-0.2, 0) is 5.41 Å². The molecule has 3 unspecified atom stereocenters. The van der Waals surface area contributed by atoms with E-state index in [0.29, 0.717) is 17.5 Å². The van der Waals surface area contributed by atoms with Gasteiger partial charge in [-0.05, 0) is 130 Å². The Hall–Kier alpha value is -6.06. The van der Waals surface area contributed by atoms with Crippen LogP contribution in [0.15, 0.2) is 175 Å². The van der Waals surface area contributed by atoms with Crippen LogP contribution in [0.1, 0.15) is 44.2 Å². The van der Waals surface area contributed by atoms with Crippen LogP contribution >= 0.6 is 0 Å². The molecule has 55 heavy (non-hydrogen) atoms. The third-order valence-corrected chi connectivity index (χ3v) is 12.4. The van der Waals surface area contributed by atoms with Crippen molar-refractivity contribution < 1.29 is 8.78 Å². The number of allylic oxidation sites excluding steroid dienone is 2. The second kappa shape index (κ2) is 13.1. The molecule has 0 heterocycles. The van der Waals surface area contributed by atoms with Crippen LogP contribution in [0.5, 0.6) is 0 Å². The Morgan fingerprint density at radius 3 is 1.98 bits per heavy atom. The van der Waals surface area contributed by atoms with E-state index in [1.165, 1.54) is 29.2 Å². The largest absolute Gasteiger partial charge is 0.307 e. The molecule has 0 N–H and O–H groups in total. The molecule has 3 aliphatic rings. The van der Waals surface area contributed by atoms with Crippen molar-refractivity contribution >= 4 is 17.1 Å². The minimum atomic E-state index is -0.337. The van der Waals surface area contributed by atoms with Gasteiger partial charge >= 0.3 is 0 Å². The number of hydrogen-bond donors (Lipinski definition) is 0. The van der Waals surface area contributed by atoms with Crippen molar-refractivity contribution in [2.24, 2.45) is 11.8 Å². The quantitative estimate of drug-likeness (QED) is 0.148. The van der Waals surface area contributed by atoms with Crippen LogP contribution in [-0.4, -0.2) is 0 Å². The lowest BCUT2D eigenvalue weighted by Crippen LogP contribution is -2.33. The van der Waals surface area contributed by atoms with Crippen LogP contribution in [0.4, 0.5) is 25.8 Å². The number of fused-ring (bicyclic) bond motifs is 3. The zero-order valence-electron chi connectivity index (χ0n) is 31.1. The normalized spacial score (nSPS) is 19.4. The standard InChI is InChI=1S/C52H41F2N/c1-33-25-38-29-43(38)47(26-33)52(2)46-24-13-12-23-42(46)50-44(36-19-14-20-39(53)27-36)31-41(32-48(50)52)55(40-21-10-5-11-22-40)51-45(35-17-8-4-9-18-35)28-37(30-49(51)54)34-15-6-3-7-16-34/h3-24,27-28,30-33,47H,25-26,29H2,1-2H3. The van der Waals surface area contributed by atoms with Crippen molar-refractivity contribution in [2.45, 2.75) is 38.5 Å². The monoisotopic (exact) mass is 717 g/mol. The van der Waals surface area contributed by atoms with E-state index in [2.05, 4.69) is 73.3 Å². The highest BCUT2D eigenvalue weighted by atomic mass is 19.1. The van der Waals surface area contributed by atoms with Crippen molar-refractivity contribution in [1.29, 1.82) is 0 Å². The van der Waals surface area contributed by atoms with Gasteiger partial charge in [-0.15, -0.1) is 0 Å². The summed E-state index contributed by atoms with van der Waals surface area (Å²) in [5, 5.41) is 0. The fraction of sp³-hybridized carbons (Fsp3) is 0.154. The number of rotatable bonds is 7. The molecule has 3 aliphatic carbocycles. The number of anilines is 3. The van der Waals surface area contributed by atoms with Gasteiger partial charge in [0.05, 0.1) is 5.69 Å². The van der Waals surface area contributed by atoms with E-state index in [9.17, 15) is 0 Å². The summed E-state index contributed by atoms with van der Waals surface area (Å²) >= 11 is 0. The van der Waals surface area contributed by atoms with Gasteiger partial charge in [0.15, 0.2) is 0 Å². The molecule has 0 radical (unpaired) electrons. The Labute approximate surface area is 322 Å². The fourth-order valence-corrected chi connectivity index (χ4v) is 9.85. The summed E-state index contributed by atoms with van der Waals surface area (Å²) in [6.45, 7) is 4.82. The van der Waals surface area contributed by atoms with Gasteiger partial charge in [-0.2, -0.15) is 0 Å². The predicted octanol–water partition coefficient (Wildman–Crippen LogP) is 14.5. The van der Waals surface area contributed by atoms with Crippen LogP contribution < -0.4 is 4.90 Å². The molecular weight excluding hydrogens is 677 g/mol. The minimum absolute atomic E-state index is 0.284.